The van der Waals surface area contributed by atoms with E-state index in [4.69, 9.17) is 4.74 Å². The number of hydrogen-bond donors (Lipinski definition) is 2. The van der Waals surface area contributed by atoms with Gasteiger partial charge in [0.15, 0.2) is 5.54 Å². The number of nitrogens with one attached hydrogen (secondary N) is 1. The maximum Gasteiger partial charge on any atom is 0.275 e. The molecule has 19 heavy (non-hydrogen) atoms. The first-order valence-electron chi connectivity index (χ1n) is 5.87. The lowest BCUT2D eigenvalue weighted by atomic mass is 9.85. The molecule has 1 aromatic rings. The summed E-state index contributed by atoms with van der Waals surface area (Å²) in [7, 11) is 3.14. The fourth-order valence-corrected chi connectivity index (χ4v) is 2.38. The number of aryl methyl sites for hydroxylation is 1. The number of rotatable bonds is 3. The Kier molecular flexibility index (Phi) is 3.30. The zero-order chi connectivity index (χ0) is 14.2. The topological polar surface area (TPSA) is 74.2 Å². The minimum atomic E-state index is -1.31. The lowest BCUT2D eigenvalue weighted by Gasteiger charge is -2.26. The van der Waals surface area contributed by atoms with Crippen LogP contribution in [0.4, 0.5) is 0 Å². The molecule has 2 rings (SSSR count). The molecule has 6 heteroatoms. The van der Waals surface area contributed by atoms with Gasteiger partial charge < -0.3 is 9.94 Å². The van der Waals surface area contributed by atoms with E-state index in [0.717, 1.165) is 11.3 Å². The predicted octanol–water partition coefficient (Wildman–Crippen LogP) is 1.03. The van der Waals surface area contributed by atoms with E-state index < -0.39 is 5.54 Å². The fraction of sp³-hybridized carbons (Fsp3) is 0.385. The Morgan fingerprint density at radius 1 is 1.42 bits per heavy atom. The van der Waals surface area contributed by atoms with Crippen molar-refractivity contribution in [3.8, 4) is 5.75 Å². The summed E-state index contributed by atoms with van der Waals surface area (Å²) in [4.78, 5) is 12.3. The molecule has 1 atom stereocenters. The second-order valence-corrected chi connectivity index (χ2v) is 4.56. The molecule has 0 saturated heterocycles. The number of carbonyl (C=O) groups is 1. The SMILES string of the molecule is COc1ccc(C2(NO)C(=O)N(C)N=C2C)cc1C. The van der Waals surface area contributed by atoms with E-state index in [1.54, 1.807) is 39.3 Å². The first-order chi connectivity index (χ1) is 8.97. The van der Waals surface area contributed by atoms with Gasteiger partial charge >= 0.3 is 0 Å². The molecule has 0 aliphatic carbocycles. The first-order valence-corrected chi connectivity index (χ1v) is 5.87. The summed E-state index contributed by atoms with van der Waals surface area (Å²) in [5.41, 5.74) is 2.81. The Hall–Kier alpha value is -1.92. The normalized spacial score (nSPS) is 22.7. The zero-order valence-corrected chi connectivity index (χ0v) is 11.4. The van der Waals surface area contributed by atoms with Crippen LogP contribution in [0.15, 0.2) is 23.3 Å². The molecular formula is C13H17N3O3. The third-order valence-electron chi connectivity index (χ3n) is 3.45. The highest BCUT2D eigenvalue weighted by atomic mass is 16.5. The average molecular weight is 263 g/mol. The van der Waals surface area contributed by atoms with E-state index >= 15 is 0 Å². The third kappa shape index (κ3) is 1.80. The number of hydroxylamine groups is 1. The van der Waals surface area contributed by atoms with E-state index in [-0.39, 0.29) is 5.91 Å². The van der Waals surface area contributed by atoms with Crippen LogP contribution in [0.3, 0.4) is 0 Å². The predicted molar refractivity (Wildman–Crippen MR) is 70.2 cm³/mol. The number of ether oxygens (including phenoxy) is 1. The summed E-state index contributed by atoms with van der Waals surface area (Å²) in [6.07, 6.45) is 0. The first kappa shape index (κ1) is 13.5. The molecule has 1 aromatic carbocycles. The smallest absolute Gasteiger partial charge is 0.275 e. The van der Waals surface area contributed by atoms with Gasteiger partial charge in [-0.25, -0.2) is 5.01 Å². The lowest BCUT2D eigenvalue weighted by Crippen LogP contribution is -2.52. The Balaban J connectivity index is 2.57. The number of hydrogen-bond acceptors (Lipinski definition) is 5. The van der Waals surface area contributed by atoms with Crippen molar-refractivity contribution in [1.29, 1.82) is 0 Å². The third-order valence-corrected chi connectivity index (χ3v) is 3.45. The number of carbonyl (C=O) groups excluding carboxylic acids is 1. The Bertz CT molecular complexity index is 556. The summed E-state index contributed by atoms with van der Waals surface area (Å²) in [5.74, 6) is 0.405. The lowest BCUT2D eigenvalue weighted by molar-refractivity contribution is -0.136. The Morgan fingerprint density at radius 2 is 2.11 bits per heavy atom. The molecule has 6 nitrogen and oxygen atoms in total. The van der Waals surface area contributed by atoms with Crippen molar-refractivity contribution in [3.05, 3.63) is 29.3 Å². The summed E-state index contributed by atoms with van der Waals surface area (Å²) in [5, 5.41) is 14.8. The zero-order valence-electron chi connectivity index (χ0n) is 11.4. The summed E-state index contributed by atoms with van der Waals surface area (Å²) >= 11 is 0. The molecule has 0 bridgehead atoms. The van der Waals surface area contributed by atoms with Gasteiger partial charge in [0.05, 0.1) is 12.8 Å². The highest BCUT2D eigenvalue weighted by Crippen LogP contribution is 2.32. The van der Waals surface area contributed by atoms with Crippen molar-refractivity contribution in [2.45, 2.75) is 19.4 Å². The number of hydrazone groups is 1. The Labute approximate surface area is 111 Å². The van der Waals surface area contributed by atoms with Crippen molar-refractivity contribution >= 4 is 11.6 Å². The van der Waals surface area contributed by atoms with Crippen LogP contribution in [0, 0.1) is 6.92 Å². The van der Waals surface area contributed by atoms with Crippen molar-refractivity contribution in [2.75, 3.05) is 14.2 Å². The van der Waals surface area contributed by atoms with E-state index in [0.29, 0.717) is 11.3 Å². The van der Waals surface area contributed by atoms with Gasteiger partial charge in [0.25, 0.3) is 5.91 Å². The number of amides is 1. The van der Waals surface area contributed by atoms with E-state index in [1.165, 1.54) is 5.01 Å². The van der Waals surface area contributed by atoms with Crippen LogP contribution >= 0.6 is 0 Å². The van der Waals surface area contributed by atoms with Gasteiger partial charge in [0.1, 0.15) is 5.75 Å². The van der Waals surface area contributed by atoms with Gasteiger partial charge in [0.2, 0.25) is 0 Å². The van der Waals surface area contributed by atoms with Gasteiger partial charge in [0, 0.05) is 7.05 Å². The molecule has 0 radical (unpaired) electrons. The van der Waals surface area contributed by atoms with Crippen LogP contribution in [-0.4, -0.2) is 36.0 Å². The van der Waals surface area contributed by atoms with Gasteiger partial charge in [-0.3, -0.25) is 4.79 Å². The van der Waals surface area contributed by atoms with Crippen LogP contribution in [0.5, 0.6) is 5.75 Å². The molecular weight excluding hydrogens is 246 g/mol. The molecule has 0 aromatic heterocycles. The highest BCUT2D eigenvalue weighted by molar-refractivity contribution is 6.15. The molecule has 102 valence electrons. The van der Waals surface area contributed by atoms with Gasteiger partial charge in [-0.1, -0.05) is 6.07 Å². The maximum atomic E-state index is 12.3. The van der Waals surface area contributed by atoms with Crippen LogP contribution in [-0.2, 0) is 10.3 Å². The summed E-state index contributed by atoms with van der Waals surface area (Å²) in [6.45, 7) is 3.58. The fourth-order valence-electron chi connectivity index (χ4n) is 2.38. The van der Waals surface area contributed by atoms with Gasteiger partial charge in [-0.15, -0.1) is 0 Å². The monoisotopic (exact) mass is 263 g/mol. The van der Waals surface area contributed by atoms with Crippen LogP contribution in [0.25, 0.3) is 0 Å². The van der Waals surface area contributed by atoms with Crippen molar-refractivity contribution in [3.63, 3.8) is 0 Å². The maximum absolute atomic E-state index is 12.3. The molecule has 1 aliphatic rings. The van der Waals surface area contributed by atoms with E-state index in [2.05, 4.69) is 10.6 Å². The molecule has 1 heterocycles. The van der Waals surface area contributed by atoms with Crippen molar-refractivity contribution in [1.82, 2.24) is 10.5 Å². The molecule has 1 amide bonds. The molecule has 1 aliphatic heterocycles. The van der Waals surface area contributed by atoms with E-state index in [9.17, 15) is 10.0 Å². The minimum absolute atomic E-state index is 0.322. The summed E-state index contributed by atoms with van der Waals surface area (Å²) < 4.78 is 5.20. The highest BCUT2D eigenvalue weighted by Gasteiger charge is 2.49. The van der Waals surface area contributed by atoms with Gasteiger partial charge in [-0.2, -0.15) is 10.6 Å². The summed E-state index contributed by atoms with van der Waals surface area (Å²) in [6, 6.07) is 5.31. The standard InChI is InChI=1S/C13H17N3O3/c1-8-7-10(5-6-11(8)19-4)13(15-18)9(2)14-16(3)12(13)17/h5-7,15,18H,1-4H3. The van der Waals surface area contributed by atoms with Crippen LogP contribution < -0.4 is 10.2 Å². The van der Waals surface area contributed by atoms with Crippen LogP contribution in [0.1, 0.15) is 18.1 Å². The molecule has 1 unspecified atom stereocenters. The second-order valence-electron chi connectivity index (χ2n) is 4.56. The van der Waals surface area contributed by atoms with Gasteiger partial charge in [-0.05, 0) is 37.1 Å². The van der Waals surface area contributed by atoms with E-state index in [1.807, 2.05) is 6.92 Å². The van der Waals surface area contributed by atoms with Crippen LogP contribution in [0.2, 0.25) is 0 Å². The molecule has 2 N–H and O–H groups in total. The molecule has 0 spiro atoms. The van der Waals surface area contributed by atoms with Crippen molar-refractivity contribution < 1.29 is 14.7 Å². The number of methoxy groups -OCH3 is 1. The molecule has 0 fully saturated rings. The van der Waals surface area contributed by atoms with Crippen molar-refractivity contribution in [2.24, 2.45) is 5.10 Å². The quantitative estimate of drug-likeness (QED) is 0.799. The number of nitrogens with zero attached hydrogens (tertiary/aromatic N) is 2. The largest absolute Gasteiger partial charge is 0.496 e. The minimum Gasteiger partial charge on any atom is -0.496 e. The average Bonchev–Trinajstić information content (AvgIpc) is 2.61. The Morgan fingerprint density at radius 3 is 2.53 bits per heavy atom. The number of benzene rings is 1. The molecule has 0 saturated carbocycles. The number of likely N-dealkylation sites (N-methyl/N-ethyl adjacent to an activating group) is 1. The second kappa shape index (κ2) is 4.64.